The lowest BCUT2D eigenvalue weighted by Crippen LogP contribution is -2.53. The average molecular weight is 307 g/mol. The van der Waals surface area contributed by atoms with Crippen LogP contribution in [0.4, 0.5) is 13.2 Å². The quantitative estimate of drug-likeness (QED) is 0.848. The van der Waals surface area contributed by atoms with Crippen molar-refractivity contribution in [3.05, 3.63) is 18.0 Å². The fourth-order valence-electron chi connectivity index (χ4n) is 2.26. The van der Waals surface area contributed by atoms with E-state index in [4.69, 9.17) is 0 Å². The molecule has 2 atom stereocenters. The smallest absolute Gasteiger partial charge is 0.435 e. The summed E-state index contributed by atoms with van der Waals surface area (Å²) < 4.78 is 38.7. The molecule has 2 unspecified atom stereocenters. The number of carboxylic acid groups (broad SMARTS) is 1. The van der Waals surface area contributed by atoms with Gasteiger partial charge in [-0.25, -0.2) is 0 Å². The number of hydrogen-bond donors (Lipinski definition) is 2. The van der Waals surface area contributed by atoms with Crippen molar-refractivity contribution in [3.63, 3.8) is 0 Å². The van der Waals surface area contributed by atoms with Gasteiger partial charge in [0.1, 0.15) is 5.54 Å². The van der Waals surface area contributed by atoms with Gasteiger partial charge in [-0.15, -0.1) is 0 Å². The van der Waals surface area contributed by atoms with Crippen molar-refractivity contribution in [2.45, 2.75) is 57.9 Å². The molecule has 0 aliphatic carbocycles. The van der Waals surface area contributed by atoms with Crippen LogP contribution in [0, 0.1) is 0 Å². The Hall–Kier alpha value is -1.57. The van der Waals surface area contributed by atoms with Gasteiger partial charge in [0.05, 0.1) is 6.04 Å². The second-order valence-corrected chi connectivity index (χ2v) is 5.67. The Balaban J connectivity index is 2.90. The molecular formula is C13H20F3N3O2. The van der Waals surface area contributed by atoms with Crippen LogP contribution in [0.2, 0.25) is 0 Å². The van der Waals surface area contributed by atoms with Crippen LogP contribution in [0.15, 0.2) is 12.3 Å². The molecule has 5 nitrogen and oxygen atoms in total. The summed E-state index contributed by atoms with van der Waals surface area (Å²) in [5.41, 5.74) is -2.22. The number of carbonyl (C=O) groups is 1. The highest BCUT2D eigenvalue weighted by Gasteiger charge is 2.37. The molecule has 0 aliphatic heterocycles. The molecule has 0 saturated carbocycles. The van der Waals surface area contributed by atoms with Gasteiger partial charge in [-0.1, -0.05) is 0 Å². The van der Waals surface area contributed by atoms with E-state index in [1.807, 2.05) is 13.8 Å². The Labute approximate surface area is 121 Å². The molecule has 1 aromatic rings. The Bertz CT molecular complexity index is 499. The molecule has 1 rings (SSSR count). The molecule has 0 aromatic carbocycles. The number of hydrogen-bond acceptors (Lipinski definition) is 3. The monoisotopic (exact) mass is 307 g/mol. The van der Waals surface area contributed by atoms with E-state index in [0.29, 0.717) is 0 Å². The number of nitrogens with zero attached hydrogens (tertiary/aromatic N) is 2. The molecule has 21 heavy (non-hydrogen) atoms. The van der Waals surface area contributed by atoms with Crippen molar-refractivity contribution in [2.24, 2.45) is 0 Å². The number of alkyl halides is 3. The van der Waals surface area contributed by atoms with E-state index in [-0.39, 0.29) is 12.5 Å². The molecular weight excluding hydrogens is 287 g/mol. The van der Waals surface area contributed by atoms with Gasteiger partial charge in [0.2, 0.25) is 0 Å². The van der Waals surface area contributed by atoms with Crippen LogP contribution in [0.3, 0.4) is 0 Å². The topological polar surface area (TPSA) is 67.2 Å². The van der Waals surface area contributed by atoms with Crippen molar-refractivity contribution in [2.75, 3.05) is 0 Å². The summed E-state index contributed by atoms with van der Waals surface area (Å²) in [6.45, 7) is 6.76. The van der Waals surface area contributed by atoms with Crippen LogP contribution in [-0.2, 0) is 11.0 Å². The Kier molecular flexibility index (Phi) is 5.03. The first kappa shape index (κ1) is 17.5. The second kappa shape index (κ2) is 6.05. The molecule has 120 valence electrons. The van der Waals surface area contributed by atoms with Gasteiger partial charge in [0.15, 0.2) is 5.69 Å². The zero-order chi connectivity index (χ0) is 16.4. The van der Waals surface area contributed by atoms with E-state index in [9.17, 15) is 23.1 Å². The molecule has 0 bridgehead atoms. The second-order valence-electron chi connectivity index (χ2n) is 5.67. The largest absolute Gasteiger partial charge is 0.480 e. The van der Waals surface area contributed by atoms with Crippen LogP contribution in [0.25, 0.3) is 0 Å². The third kappa shape index (κ3) is 4.45. The summed E-state index contributed by atoms with van der Waals surface area (Å²) in [5.74, 6) is -1.05. The van der Waals surface area contributed by atoms with Crippen molar-refractivity contribution in [1.29, 1.82) is 0 Å². The van der Waals surface area contributed by atoms with Crippen molar-refractivity contribution >= 4 is 5.97 Å². The molecule has 1 heterocycles. The number of carboxylic acids is 1. The number of rotatable bonds is 6. The summed E-state index contributed by atoms with van der Waals surface area (Å²) in [4.78, 5) is 11.4. The predicted molar refractivity (Wildman–Crippen MR) is 70.9 cm³/mol. The van der Waals surface area contributed by atoms with E-state index in [2.05, 4.69) is 10.4 Å². The highest BCUT2D eigenvalue weighted by atomic mass is 19.4. The van der Waals surface area contributed by atoms with Crippen molar-refractivity contribution in [3.8, 4) is 0 Å². The van der Waals surface area contributed by atoms with Gasteiger partial charge < -0.3 is 5.11 Å². The predicted octanol–water partition coefficient (Wildman–Crippen LogP) is 2.69. The third-order valence-corrected chi connectivity index (χ3v) is 3.13. The molecule has 0 fully saturated rings. The molecule has 0 aliphatic rings. The fraction of sp³-hybridized carbons (Fsp3) is 0.692. The van der Waals surface area contributed by atoms with Crippen LogP contribution < -0.4 is 5.32 Å². The van der Waals surface area contributed by atoms with Gasteiger partial charge >= 0.3 is 12.1 Å². The van der Waals surface area contributed by atoms with Gasteiger partial charge in [-0.2, -0.15) is 18.3 Å². The number of aliphatic carboxylic acids is 1. The SMILES string of the molecule is CC(C)NC(C)(CC(C)n1ccc(C(F)(F)F)n1)C(=O)O. The zero-order valence-electron chi connectivity index (χ0n) is 12.4. The van der Waals surface area contributed by atoms with E-state index >= 15 is 0 Å². The minimum atomic E-state index is -4.50. The maximum atomic E-state index is 12.5. The lowest BCUT2D eigenvalue weighted by Gasteiger charge is -2.31. The average Bonchev–Trinajstić information content (AvgIpc) is 2.75. The maximum absolute atomic E-state index is 12.5. The number of nitrogens with one attached hydrogen (secondary N) is 1. The molecule has 1 aromatic heterocycles. The van der Waals surface area contributed by atoms with E-state index in [1.54, 1.807) is 6.92 Å². The highest BCUT2D eigenvalue weighted by molar-refractivity contribution is 5.78. The van der Waals surface area contributed by atoms with Gasteiger partial charge in [-0.3, -0.25) is 14.8 Å². The van der Waals surface area contributed by atoms with Gasteiger partial charge in [-0.05, 0) is 40.2 Å². The number of aromatic nitrogens is 2. The molecule has 0 spiro atoms. The fourth-order valence-corrected chi connectivity index (χ4v) is 2.26. The first-order valence-corrected chi connectivity index (χ1v) is 6.59. The van der Waals surface area contributed by atoms with Gasteiger partial charge in [0.25, 0.3) is 0 Å². The first-order chi connectivity index (χ1) is 9.45. The number of halogens is 3. The summed E-state index contributed by atoms with van der Waals surface area (Å²) in [7, 11) is 0. The summed E-state index contributed by atoms with van der Waals surface area (Å²) in [5, 5.41) is 15.7. The summed E-state index contributed by atoms with van der Waals surface area (Å²) in [6, 6.07) is 0.319. The van der Waals surface area contributed by atoms with Crippen molar-refractivity contribution in [1.82, 2.24) is 15.1 Å². The zero-order valence-corrected chi connectivity index (χ0v) is 12.4. The lowest BCUT2D eigenvalue weighted by atomic mass is 9.93. The normalized spacial score (nSPS) is 16.8. The molecule has 0 saturated heterocycles. The Morgan fingerprint density at radius 2 is 2.00 bits per heavy atom. The van der Waals surface area contributed by atoms with Crippen molar-refractivity contribution < 1.29 is 23.1 Å². The minimum Gasteiger partial charge on any atom is -0.480 e. The summed E-state index contributed by atoms with van der Waals surface area (Å²) in [6.07, 6.45) is -3.18. The maximum Gasteiger partial charge on any atom is 0.435 e. The first-order valence-electron chi connectivity index (χ1n) is 6.59. The molecule has 0 radical (unpaired) electrons. The van der Waals surface area contributed by atoms with Gasteiger partial charge in [0, 0.05) is 12.2 Å². The van der Waals surface area contributed by atoms with E-state index < -0.39 is 29.4 Å². The van der Waals surface area contributed by atoms with E-state index in [0.717, 1.165) is 10.7 Å². The van der Waals surface area contributed by atoms with Crippen LogP contribution in [-0.4, -0.2) is 32.4 Å². The standard InChI is InChI=1S/C13H20F3N3O2/c1-8(2)17-12(4,11(20)21)7-9(3)19-6-5-10(18-19)13(14,15)16/h5-6,8-9,17H,7H2,1-4H3,(H,20,21). The minimum absolute atomic E-state index is 0.0679. The third-order valence-electron chi connectivity index (χ3n) is 3.13. The Morgan fingerprint density at radius 1 is 1.43 bits per heavy atom. The Morgan fingerprint density at radius 3 is 2.38 bits per heavy atom. The molecule has 2 N–H and O–H groups in total. The van der Waals surface area contributed by atoms with E-state index in [1.165, 1.54) is 13.1 Å². The van der Waals surface area contributed by atoms with Crippen LogP contribution in [0.5, 0.6) is 0 Å². The molecule has 0 amide bonds. The molecule has 8 heteroatoms. The van der Waals surface area contributed by atoms with Crippen LogP contribution >= 0.6 is 0 Å². The lowest BCUT2D eigenvalue weighted by molar-refractivity contribution is -0.145. The summed E-state index contributed by atoms with van der Waals surface area (Å²) >= 11 is 0. The highest BCUT2D eigenvalue weighted by Crippen LogP contribution is 2.29. The van der Waals surface area contributed by atoms with Crippen LogP contribution in [0.1, 0.15) is 45.9 Å².